The number of allylic oxidation sites excluding steroid dienone is 1. The number of anilines is 1. The van der Waals surface area contributed by atoms with E-state index in [0.717, 1.165) is 33.2 Å². The molecule has 1 aromatic carbocycles. The zero-order valence-electron chi connectivity index (χ0n) is 12.4. The van der Waals surface area contributed by atoms with E-state index in [2.05, 4.69) is 22.5 Å². The molecule has 0 radical (unpaired) electrons. The second-order valence-corrected chi connectivity index (χ2v) is 6.13. The molecule has 1 aliphatic heterocycles. The van der Waals surface area contributed by atoms with E-state index in [-0.39, 0.29) is 11.4 Å². The molecule has 1 aliphatic rings. The molecule has 5 nitrogen and oxygen atoms in total. The second kappa shape index (κ2) is 6.13. The molecule has 0 spiro atoms. The highest BCUT2D eigenvalue weighted by Gasteiger charge is 2.20. The summed E-state index contributed by atoms with van der Waals surface area (Å²) in [5, 5.41) is 10.1. The van der Waals surface area contributed by atoms with Crippen molar-refractivity contribution >= 4 is 29.1 Å². The lowest BCUT2D eigenvalue weighted by Crippen LogP contribution is -2.34. The van der Waals surface area contributed by atoms with Crippen LogP contribution in [0.2, 0.25) is 0 Å². The zero-order chi connectivity index (χ0) is 15.6. The van der Waals surface area contributed by atoms with Crippen LogP contribution in [0.25, 0.3) is 5.70 Å². The van der Waals surface area contributed by atoms with Gasteiger partial charge in [0, 0.05) is 23.9 Å². The van der Waals surface area contributed by atoms with Gasteiger partial charge in [0.15, 0.2) is 5.50 Å². The van der Waals surface area contributed by atoms with E-state index < -0.39 is 0 Å². The molecule has 1 aromatic rings. The predicted molar refractivity (Wildman–Crippen MR) is 89.1 cm³/mol. The van der Waals surface area contributed by atoms with Crippen LogP contribution in [-0.2, 0) is 4.79 Å². The van der Waals surface area contributed by atoms with E-state index in [4.69, 9.17) is 5.73 Å². The van der Waals surface area contributed by atoms with Crippen LogP contribution < -0.4 is 21.7 Å². The minimum atomic E-state index is -0.107. The minimum absolute atomic E-state index is 0.0519. The lowest BCUT2D eigenvalue weighted by Gasteiger charge is -2.19. The average molecular weight is 304 g/mol. The number of benzene rings is 1. The third-order valence-corrected chi connectivity index (χ3v) is 4.11. The van der Waals surface area contributed by atoms with E-state index in [9.17, 15) is 4.79 Å². The summed E-state index contributed by atoms with van der Waals surface area (Å²) in [7, 11) is 0. The number of hydrogen-bond acceptors (Lipinski definition) is 5. The number of thioether (sulfide) groups is 1. The van der Waals surface area contributed by atoms with Crippen LogP contribution in [0.1, 0.15) is 25.0 Å². The largest absolute Gasteiger partial charge is 0.392 e. The van der Waals surface area contributed by atoms with Crippen LogP contribution in [0, 0.1) is 6.92 Å². The second-order valence-electron chi connectivity index (χ2n) is 4.98. The van der Waals surface area contributed by atoms with E-state index in [0.29, 0.717) is 0 Å². The number of rotatable bonds is 4. The van der Waals surface area contributed by atoms with Gasteiger partial charge in [-0.15, -0.1) is 0 Å². The van der Waals surface area contributed by atoms with Gasteiger partial charge in [-0.2, -0.15) is 0 Å². The Bertz CT molecular complexity index is 610. The monoisotopic (exact) mass is 304 g/mol. The first-order valence-electron chi connectivity index (χ1n) is 6.60. The van der Waals surface area contributed by atoms with E-state index >= 15 is 0 Å². The summed E-state index contributed by atoms with van der Waals surface area (Å²) in [5.41, 5.74) is 10.2. The molecule has 6 heteroatoms. The minimum Gasteiger partial charge on any atom is -0.392 e. The molecule has 0 saturated carbocycles. The molecular formula is C15H20N4OS. The SMILES string of the molecule is C=C(NC1NC(C)=C(N)S1)c1ccc(C)cc1NC(C)=O. The molecule has 1 unspecified atom stereocenters. The Hall–Kier alpha value is -2.08. The number of carbonyl (C=O) groups is 1. The number of aryl methyl sites for hydroxylation is 1. The van der Waals surface area contributed by atoms with Gasteiger partial charge < -0.3 is 21.7 Å². The van der Waals surface area contributed by atoms with Crippen molar-refractivity contribution in [2.75, 3.05) is 5.32 Å². The Kier molecular flexibility index (Phi) is 4.47. The number of hydrogen-bond donors (Lipinski definition) is 4. The Labute approximate surface area is 129 Å². The van der Waals surface area contributed by atoms with Crippen molar-refractivity contribution < 1.29 is 4.79 Å². The number of carbonyl (C=O) groups excluding carboxylic acids is 1. The molecule has 0 aliphatic carbocycles. The van der Waals surface area contributed by atoms with Gasteiger partial charge in [0.1, 0.15) is 0 Å². The number of nitrogens with one attached hydrogen (secondary N) is 3. The summed E-state index contributed by atoms with van der Waals surface area (Å²) in [4.78, 5) is 11.3. The van der Waals surface area contributed by atoms with E-state index in [1.165, 1.54) is 18.7 Å². The van der Waals surface area contributed by atoms with Crippen LogP contribution in [-0.4, -0.2) is 11.4 Å². The van der Waals surface area contributed by atoms with Gasteiger partial charge in [-0.25, -0.2) is 0 Å². The standard InChI is InChI=1S/C15H20N4OS/c1-8-5-6-12(13(7-8)19-11(4)20)9(2)17-15-18-10(3)14(16)21-15/h5-7,15,17-18H,2,16H2,1,3-4H3,(H,19,20). The van der Waals surface area contributed by atoms with Crippen molar-refractivity contribution in [2.24, 2.45) is 5.73 Å². The summed E-state index contributed by atoms with van der Waals surface area (Å²) in [6, 6.07) is 5.86. The van der Waals surface area contributed by atoms with Gasteiger partial charge >= 0.3 is 0 Å². The van der Waals surface area contributed by atoms with Crippen molar-refractivity contribution in [2.45, 2.75) is 26.3 Å². The number of nitrogens with two attached hydrogens (primary N) is 1. The average Bonchev–Trinajstić information content (AvgIpc) is 2.67. The lowest BCUT2D eigenvalue weighted by molar-refractivity contribution is -0.114. The fraction of sp³-hybridized carbons (Fsp3) is 0.267. The fourth-order valence-corrected chi connectivity index (χ4v) is 2.95. The molecule has 21 heavy (non-hydrogen) atoms. The van der Waals surface area contributed by atoms with Crippen LogP contribution in [0.5, 0.6) is 0 Å². The van der Waals surface area contributed by atoms with Crippen LogP contribution in [0.3, 0.4) is 0 Å². The van der Waals surface area contributed by atoms with Crippen LogP contribution in [0.4, 0.5) is 5.69 Å². The van der Waals surface area contributed by atoms with Crippen molar-refractivity contribution in [1.29, 1.82) is 0 Å². The molecule has 0 aromatic heterocycles. The Morgan fingerprint density at radius 2 is 2.14 bits per heavy atom. The van der Waals surface area contributed by atoms with Gasteiger partial charge in [-0.1, -0.05) is 30.5 Å². The molecule has 0 bridgehead atoms. The third-order valence-electron chi connectivity index (χ3n) is 3.08. The van der Waals surface area contributed by atoms with Crippen LogP contribution >= 0.6 is 11.8 Å². The highest BCUT2D eigenvalue weighted by Crippen LogP contribution is 2.28. The zero-order valence-corrected chi connectivity index (χ0v) is 13.2. The van der Waals surface area contributed by atoms with Crippen molar-refractivity contribution in [3.8, 4) is 0 Å². The quantitative estimate of drug-likeness (QED) is 0.686. The molecule has 112 valence electrons. The van der Waals surface area contributed by atoms with Crippen molar-refractivity contribution in [1.82, 2.24) is 10.6 Å². The molecule has 5 N–H and O–H groups in total. The maximum Gasteiger partial charge on any atom is 0.221 e. The summed E-state index contributed by atoms with van der Waals surface area (Å²) in [6.45, 7) is 9.46. The van der Waals surface area contributed by atoms with Gasteiger partial charge in [-0.3, -0.25) is 4.79 Å². The Morgan fingerprint density at radius 3 is 2.71 bits per heavy atom. The fourth-order valence-electron chi connectivity index (χ4n) is 2.03. The molecule has 1 atom stereocenters. The topological polar surface area (TPSA) is 79.2 Å². The smallest absolute Gasteiger partial charge is 0.221 e. The molecule has 0 saturated heterocycles. The highest BCUT2D eigenvalue weighted by molar-refractivity contribution is 8.03. The lowest BCUT2D eigenvalue weighted by atomic mass is 10.1. The van der Waals surface area contributed by atoms with Gasteiger partial charge in [0.25, 0.3) is 0 Å². The normalized spacial score (nSPS) is 17.4. The van der Waals surface area contributed by atoms with Gasteiger partial charge in [-0.05, 0) is 25.5 Å². The maximum absolute atomic E-state index is 11.3. The Balaban J connectivity index is 2.14. The Morgan fingerprint density at radius 1 is 1.43 bits per heavy atom. The first-order chi connectivity index (χ1) is 9.86. The highest BCUT2D eigenvalue weighted by atomic mass is 32.2. The van der Waals surface area contributed by atoms with Crippen molar-refractivity contribution in [3.05, 3.63) is 46.6 Å². The first-order valence-corrected chi connectivity index (χ1v) is 7.48. The molecule has 1 amide bonds. The maximum atomic E-state index is 11.3. The van der Waals surface area contributed by atoms with Crippen LogP contribution in [0.15, 0.2) is 35.5 Å². The molecular weight excluding hydrogens is 284 g/mol. The predicted octanol–water partition coefficient (Wildman–Crippen LogP) is 2.28. The molecule has 0 fully saturated rings. The number of amides is 1. The van der Waals surface area contributed by atoms with Crippen molar-refractivity contribution in [3.63, 3.8) is 0 Å². The third kappa shape index (κ3) is 3.72. The van der Waals surface area contributed by atoms with Gasteiger partial charge in [0.05, 0.1) is 10.7 Å². The van der Waals surface area contributed by atoms with Gasteiger partial charge in [0.2, 0.25) is 5.91 Å². The van der Waals surface area contributed by atoms with E-state index in [1.54, 1.807) is 0 Å². The molecule has 1 heterocycles. The summed E-state index contributed by atoms with van der Waals surface area (Å²) in [6.07, 6.45) is 0. The molecule has 2 rings (SSSR count). The summed E-state index contributed by atoms with van der Waals surface area (Å²) < 4.78 is 0. The first kappa shape index (κ1) is 15.3. The summed E-state index contributed by atoms with van der Waals surface area (Å²) >= 11 is 1.51. The van der Waals surface area contributed by atoms with E-state index in [1.807, 2.05) is 32.0 Å². The summed E-state index contributed by atoms with van der Waals surface area (Å²) in [5.74, 6) is -0.107.